The first-order valence-corrected chi connectivity index (χ1v) is 7.18. The molecule has 0 bridgehead atoms. The first-order chi connectivity index (χ1) is 10.5. The van der Waals surface area contributed by atoms with Crippen molar-refractivity contribution < 1.29 is 14.3 Å². The molecule has 2 amide bonds. The van der Waals surface area contributed by atoms with Gasteiger partial charge in [0.25, 0.3) is 0 Å². The van der Waals surface area contributed by atoms with E-state index in [1.807, 2.05) is 13.0 Å². The maximum absolute atomic E-state index is 11.8. The summed E-state index contributed by atoms with van der Waals surface area (Å²) in [6, 6.07) is 3.62. The third-order valence-electron chi connectivity index (χ3n) is 2.85. The SMILES string of the molecule is COCCCNC(=O)CN(C)CC(=O)Nc1ccc(C)cn1. The number of anilines is 1. The molecule has 1 heterocycles. The number of carbonyl (C=O) groups excluding carboxylic acids is 2. The molecule has 0 fully saturated rings. The van der Waals surface area contributed by atoms with Crippen LogP contribution in [-0.2, 0) is 14.3 Å². The third-order valence-corrected chi connectivity index (χ3v) is 2.85. The Bertz CT molecular complexity index is 476. The zero-order valence-corrected chi connectivity index (χ0v) is 13.4. The number of methoxy groups -OCH3 is 1. The molecule has 0 spiro atoms. The van der Waals surface area contributed by atoms with E-state index >= 15 is 0 Å². The van der Waals surface area contributed by atoms with E-state index in [1.54, 1.807) is 31.3 Å². The van der Waals surface area contributed by atoms with Crippen LogP contribution in [0, 0.1) is 6.92 Å². The predicted octanol–water partition coefficient (Wildman–Crippen LogP) is 0.413. The lowest BCUT2D eigenvalue weighted by Gasteiger charge is -2.15. The number of ether oxygens (including phenoxy) is 1. The van der Waals surface area contributed by atoms with E-state index in [-0.39, 0.29) is 24.9 Å². The van der Waals surface area contributed by atoms with Crippen LogP contribution in [0.2, 0.25) is 0 Å². The van der Waals surface area contributed by atoms with Crippen molar-refractivity contribution in [2.75, 3.05) is 45.7 Å². The molecule has 7 heteroatoms. The maximum Gasteiger partial charge on any atom is 0.239 e. The van der Waals surface area contributed by atoms with Gasteiger partial charge >= 0.3 is 0 Å². The van der Waals surface area contributed by atoms with Gasteiger partial charge in [0.2, 0.25) is 11.8 Å². The molecule has 22 heavy (non-hydrogen) atoms. The molecule has 0 saturated carbocycles. The number of aromatic nitrogens is 1. The molecule has 0 saturated heterocycles. The number of carbonyl (C=O) groups is 2. The van der Waals surface area contributed by atoms with Crippen molar-refractivity contribution in [2.45, 2.75) is 13.3 Å². The van der Waals surface area contributed by atoms with Crippen LogP contribution >= 0.6 is 0 Å². The number of hydrogen-bond acceptors (Lipinski definition) is 5. The van der Waals surface area contributed by atoms with Gasteiger partial charge in [0.1, 0.15) is 5.82 Å². The Kier molecular flexibility index (Phi) is 8.09. The van der Waals surface area contributed by atoms with Gasteiger partial charge in [-0.25, -0.2) is 4.98 Å². The van der Waals surface area contributed by atoms with E-state index in [1.165, 1.54) is 0 Å². The average Bonchev–Trinajstić information content (AvgIpc) is 2.46. The number of rotatable bonds is 9. The molecule has 2 N–H and O–H groups in total. The second-order valence-corrected chi connectivity index (χ2v) is 5.14. The summed E-state index contributed by atoms with van der Waals surface area (Å²) in [5.41, 5.74) is 1.03. The van der Waals surface area contributed by atoms with Crippen molar-refractivity contribution in [2.24, 2.45) is 0 Å². The van der Waals surface area contributed by atoms with Gasteiger partial charge in [-0.1, -0.05) is 6.07 Å². The Morgan fingerprint density at radius 1 is 1.27 bits per heavy atom. The fourth-order valence-electron chi connectivity index (χ4n) is 1.77. The van der Waals surface area contributed by atoms with Gasteiger partial charge < -0.3 is 15.4 Å². The summed E-state index contributed by atoms with van der Waals surface area (Å²) in [6.07, 6.45) is 2.46. The highest BCUT2D eigenvalue weighted by molar-refractivity contribution is 5.91. The molecule has 7 nitrogen and oxygen atoms in total. The molecule has 0 atom stereocenters. The van der Waals surface area contributed by atoms with Crippen LogP contribution in [-0.4, -0.2) is 62.1 Å². The van der Waals surface area contributed by atoms with Crippen LogP contribution in [0.4, 0.5) is 5.82 Å². The lowest BCUT2D eigenvalue weighted by molar-refractivity contribution is -0.123. The van der Waals surface area contributed by atoms with E-state index in [0.717, 1.165) is 12.0 Å². The van der Waals surface area contributed by atoms with Gasteiger partial charge in [-0.05, 0) is 32.0 Å². The lowest BCUT2D eigenvalue weighted by Crippen LogP contribution is -2.39. The van der Waals surface area contributed by atoms with Crippen molar-refractivity contribution in [3.8, 4) is 0 Å². The van der Waals surface area contributed by atoms with Crippen LogP contribution in [0.25, 0.3) is 0 Å². The molecule has 0 radical (unpaired) electrons. The van der Waals surface area contributed by atoms with Crippen molar-refractivity contribution >= 4 is 17.6 Å². The highest BCUT2D eigenvalue weighted by Crippen LogP contribution is 2.03. The van der Waals surface area contributed by atoms with Crippen LogP contribution in [0.3, 0.4) is 0 Å². The van der Waals surface area contributed by atoms with Gasteiger partial charge in [0.15, 0.2) is 0 Å². The number of likely N-dealkylation sites (N-methyl/N-ethyl adjacent to an activating group) is 1. The number of nitrogens with one attached hydrogen (secondary N) is 2. The maximum atomic E-state index is 11.8. The second kappa shape index (κ2) is 9.86. The number of nitrogens with zero attached hydrogens (tertiary/aromatic N) is 2. The monoisotopic (exact) mass is 308 g/mol. The Morgan fingerprint density at radius 3 is 2.64 bits per heavy atom. The zero-order valence-electron chi connectivity index (χ0n) is 13.4. The van der Waals surface area contributed by atoms with Crippen LogP contribution in [0.15, 0.2) is 18.3 Å². The van der Waals surface area contributed by atoms with Gasteiger partial charge in [0.05, 0.1) is 13.1 Å². The highest BCUT2D eigenvalue weighted by atomic mass is 16.5. The topological polar surface area (TPSA) is 83.6 Å². The Balaban J connectivity index is 2.25. The van der Waals surface area contributed by atoms with Crippen molar-refractivity contribution in [1.82, 2.24) is 15.2 Å². The number of aryl methyl sites for hydroxylation is 1. The molecule has 1 aromatic rings. The van der Waals surface area contributed by atoms with E-state index in [9.17, 15) is 9.59 Å². The zero-order chi connectivity index (χ0) is 16.4. The smallest absolute Gasteiger partial charge is 0.239 e. The molecule has 1 aromatic heterocycles. The van der Waals surface area contributed by atoms with Gasteiger partial charge in [-0.3, -0.25) is 14.5 Å². The van der Waals surface area contributed by atoms with Crippen LogP contribution in [0.5, 0.6) is 0 Å². The number of hydrogen-bond donors (Lipinski definition) is 2. The molecule has 0 aliphatic carbocycles. The first-order valence-electron chi connectivity index (χ1n) is 7.18. The molecule has 0 aliphatic rings. The summed E-state index contributed by atoms with van der Waals surface area (Å²) in [5, 5.41) is 5.47. The average molecular weight is 308 g/mol. The largest absolute Gasteiger partial charge is 0.385 e. The van der Waals surface area contributed by atoms with E-state index in [2.05, 4.69) is 15.6 Å². The van der Waals surface area contributed by atoms with Gasteiger partial charge in [-0.15, -0.1) is 0 Å². The fraction of sp³-hybridized carbons (Fsp3) is 0.533. The molecular weight excluding hydrogens is 284 g/mol. The number of amides is 2. The minimum absolute atomic E-state index is 0.111. The molecule has 0 aromatic carbocycles. The van der Waals surface area contributed by atoms with Crippen molar-refractivity contribution in [1.29, 1.82) is 0 Å². The Hall–Kier alpha value is -1.99. The normalized spacial score (nSPS) is 10.5. The highest BCUT2D eigenvalue weighted by Gasteiger charge is 2.11. The van der Waals surface area contributed by atoms with Crippen molar-refractivity contribution in [3.05, 3.63) is 23.9 Å². The standard InChI is InChI=1S/C15H24N4O3/c1-12-5-6-13(17-9-12)18-15(21)11-19(2)10-14(20)16-7-4-8-22-3/h5-6,9H,4,7-8,10-11H2,1-3H3,(H,16,20)(H,17,18,21). The lowest BCUT2D eigenvalue weighted by atomic mass is 10.3. The fourth-order valence-corrected chi connectivity index (χ4v) is 1.77. The summed E-state index contributed by atoms with van der Waals surface area (Å²) in [7, 11) is 3.34. The van der Waals surface area contributed by atoms with Gasteiger partial charge in [0, 0.05) is 26.5 Å². The summed E-state index contributed by atoms with van der Waals surface area (Å²) in [4.78, 5) is 29.3. The molecule has 122 valence electrons. The van der Waals surface area contributed by atoms with Crippen LogP contribution in [0.1, 0.15) is 12.0 Å². The Labute approximate surface area is 131 Å². The van der Waals surface area contributed by atoms with E-state index in [0.29, 0.717) is 19.0 Å². The first kappa shape index (κ1) is 18.1. The molecule has 1 rings (SSSR count). The van der Waals surface area contributed by atoms with Crippen molar-refractivity contribution in [3.63, 3.8) is 0 Å². The Morgan fingerprint density at radius 2 is 2.00 bits per heavy atom. The number of pyridine rings is 1. The molecule has 0 aliphatic heterocycles. The van der Waals surface area contributed by atoms with Crippen LogP contribution < -0.4 is 10.6 Å². The summed E-state index contributed by atoms with van der Waals surface area (Å²) in [5.74, 6) is 0.193. The summed E-state index contributed by atoms with van der Waals surface area (Å²) in [6.45, 7) is 3.41. The molecule has 0 unspecified atom stereocenters. The van der Waals surface area contributed by atoms with Gasteiger partial charge in [-0.2, -0.15) is 0 Å². The molecular formula is C15H24N4O3. The second-order valence-electron chi connectivity index (χ2n) is 5.14. The minimum atomic E-state index is -0.203. The predicted molar refractivity (Wildman–Crippen MR) is 84.6 cm³/mol. The van der Waals surface area contributed by atoms with E-state index < -0.39 is 0 Å². The summed E-state index contributed by atoms with van der Waals surface area (Å²) < 4.78 is 4.90. The van der Waals surface area contributed by atoms with E-state index in [4.69, 9.17) is 4.74 Å². The quantitative estimate of drug-likeness (QED) is 0.646. The summed E-state index contributed by atoms with van der Waals surface area (Å²) >= 11 is 0. The minimum Gasteiger partial charge on any atom is -0.385 e. The third kappa shape index (κ3) is 7.70.